The average Bonchev–Trinajstić information content (AvgIpc) is 2.34. The number of hydrogen-bond donors (Lipinski definition) is 1. The number of carboxylic acids is 1. The van der Waals surface area contributed by atoms with Crippen molar-refractivity contribution in [3.05, 3.63) is 34.9 Å². The van der Waals surface area contributed by atoms with Gasteiger partial charge in [-0.2, -0.15) is 11.8 Å². The summed E-state index contributed by atoms with van der Waals surface area (Å²) in [7, 11) is 0. The summed E-state index contributed by atoms with van der Waals surface area (Å²) in [5.74, 6) is 1.01. The van der Waals surface area contributed by atoms with E-state index in [4.69, 9.17) is 0 Å². The second-order valence-electron chi connectivity index (χ2n) is 4.82. The first kappa shape index (κ1) is 13.4. The smallest absolute Gasteiger partial charge is 0.321 e. The minimum atomic E-state index is -0.703. The lowest BCUT2D eigenvalue weighted by Crippen LogP contribution is -2.46. The van der Waals surface area contributed by atoms with Crippen LogP contribution in [0.25, 0.3) is 0 Å². The largest absolute Gasteiger partial charge is 0.480 e. The van der Waals surface area contributed by atoms with Gasteiger partial charge < -0.3 is 5.11 Å². The summed E-state index contributed by atoms with van der Waals surface area (Å²) >= 11 is 1.73. The number of benzene rings is 1. The first-order chi connectivity index (χ1) is 8.58. The van der Waals surface area contributed by atoms with Crippen molar-refractivity contribution in [2.45, 2.75) is 26.4 Å². The van der Waals surface area contributed by atoms with Gasteiger partial charge in [-0.15, -0.1) is 0 Å². The van der Waals surface area contributed by atoms with Crippen LogP contribution in [-0.4, -0.2) is 40.1 Å². The fraction of sp³-hybridized carbons (Fsp3) is 0.500. The van der Waals surface area contributed by atoms with Gasteiger partial charge in [0.25, 0.3) is 0 Å². The lowest BCUT2D eigenvalue weighted by Gasteiger charge is -2.32. The van der Waals surface area contributed by atoms with Gasteiger partial charge >= 0.3 is 5.97 Å². The van der Waals surface area contributed by atoms with Gasteiger partial charge in [-0.3, -0.25) is 9.69 Å². The van der Waals surface area contributed by atoms with Gasteiger partial charge in [-0.25, -0.2) is 0 Å². The summed E-state index contributed by atoms with van der Waals surface area (Å²) in [6.45, 7) is 5.78. The zero-order valence-electron chi connectivity index (χ0n) is 10.8. The van der Waals surface area contributed by atoms with E-state index in [2.05, 4.69) is 36.9 Å². The fourth-order valence-corrected chi connectivity index (χ4v) is 3.30. The molecule has 2 rings (SSSR count). The number of thioether (sulfide) groups is 1. The molecule has 1 atom stereocenters. The molecule has 0 aliphatic carbocycles. The summed E-state index contributed by atoms with van der Waals surface area (Å²) in [6.07, 6.45) is 0. The quantitative estimate of drug-likeness (QED) is 0.910. The molecule has 98 valence electrons. The number of hydrogen-bond acceptors (Lipinski definition) is 3. The van der Waals surface area contributed by atoms with E-state index >= 15 is 0 Å². The molecule has 1 fully saturated rings. The SMILES string of the molecule is Cc1ccc(CN2CCSCC2C(=O)O)cc1C. The van der Waals surface area contributed by atoms with Crippen molar-refractivity contribution in [2.24, 2.45) is 0 Å². The van der Waals surface area contributed by atoms with Crippen LogP contribution in [0.3, 0.4) is 0 Å². The molecule has 1 aliphatic rings. The maximum Gasteiger partial charge on any atom is 0.321 e. The molecule has 1 unspecified atom stereocenters. The Hall–Kier alpha value is -1.00. The molecule has 0 saturated carbocycles. The Morgan fingerprint density at radius 2 is 2.22 bits per heavy atom. The van der Waals surface area contributed by atoms with Gasteiger partial charge in [-0.1, -0.05) is 18.2 Å². The molecule has 1 aliphatic heterocycles. The second kappa shape index (κ2) is 5.76. The van der Waals surface area contributed by atoms with Crippen LogP contribution in [0.5, 0.6) is 0 Å². The Labute approximate surface area is 112 Å². The molecule has 0 bridgehead atoms. The predicted molar refractivity (Wildman–Crippen MR) is 75.1 cm³/mol. The van der Waals surface area contributed by atoms with E-state index in [0.717, 1.165) is 18.8 Å². The number of aliphatic carboxylic acids is 1. The lowest BCUT2D eigenvalue weighted by molar-refractivity contribution is -0.142. The Kier molecular flexibility index (Phi) is 4.30. The third-order valence-corrected chi connectivity index (χ3v) is 4.50. The molecule has 0 radical (unpaired) electrons. The van der Waals surface area contributed by atoms with E-state index in [1.807, 2.05) is 0 Å². The molecule has 4 heteroatoms. The molecular weight excluding hydrogens is 246 g/mol. The second-order valence-corrected chi connectivity index (χ2v) is 5.97. The van der Waals surface area contributed by atoms with E-state index in [0.29, 0.717) is 5.75 Å². The van der Waals surface area contributed by atoms with Crippen LogP contribution in [0.15, 0.2) is 18.2 Å². The molecule has 0 amide bonds. The average molecular weight is 265 g/mol. The van der Waals surface area contributed by atoms with Gasteiger partial charge in [0, 0.05) is 24.6 Å². The number of rotatable bonds is 3. The Morgan fingerprint density at radius 3 is 2.89 bits per heavy atom. The maximum absolute atomic E-state index is 11.2. The summed E-state index contributed by atoms with van der Waals surface area (Å²) in [5, 5.41) is 9.23. The van der Waals surface area contributed by atoms with E-state index in [-0.39, 0.29) is 6.04 Å². The Balaban J connectivity index is 2.10. The van der Waals surface area contributed by atoms with E-state index in [1.165, 1.54) is 16.7 Å². The van der Waals surface area contributed by atoms with Crippen molar-refractivity contribution in [3.8, 4) is 0 Å². The van der Waals surface area contributed by atoms with Gasteiger partial charge in [0.1, 0.15) is 6.04 Å². The Bertz CT molecular complexity index is 447. The number of carboxylic acid groups (broad SMARTS) is 1. The molecule has 3 nitrogen and oxygen atoms in total. The zero-order valence-corrected chi connectivity index (χ0v) is 11.7. The van der Waals surface area contributed by atoms with E-state index < -0.39 is 5.97 Å². The predicted octanol–water partition coefficient (Wildman–Crippen LogP) is 2.31. The van der Waals surface area contributed by atoms with Crippen molar-refractivity contribution in [3.63, 3.8) is 0 Å². The standard InChI is InChI=1S/C14H19NO2S/c1-10-3-4-12(7-11(10)2)8-15-5-6-18-9-13(15)14(16)17/h3-4,7,13H,5-6,8-9H2,1-2H3,(H,16,17). The molecule has 1 aromatic rings. The number of aryl methyl sites for hydroxylation is 2. The maximum atomic E-state index is 11.2. The van der Waals surface area contributed by atoms with Crippen LogP contribution >= 0.6 is 11.8 Å². The van der Waals surface area contributed by atoms with Crippen molar-refractivity contribution in [1.29, 1.82) is 0 Å². The topological polar surface area (TPSA) is 40.5 Å². The van der Waals surface area contributed by atoms with E-state index in [9.17, 15) is 9.90 Å². The molecule has 1 saturated heterocycles. The van der Waals surface area contributed by atoms with Gasteiger partial charge in [0.05, 0.1) is 0 Å². The highest BCUT2D eigenvalue weighted by atomic mass is 32.2. The third-order valence-electron chi connectivity index (χ3n) is 3.48. The molecule has 1 aromatic carbocycles. The lowest BCUT2D eigenvalue weighted by atomic mass is 10.1. The van der Waals surface area contributed by atoms with Crippen molar-refractivity contribution in [1.82, 2.24) is 4.90 Å². The van der Waals surface area contributed by atoms with E-state index in [1.54, 1.807) is 11.8 Å². The highest BCUT2D eigenvalue weighted by Crippen LogP contribution is 2.20. The van der Waals surface area contributed by atoms with Crippen molar-refractivity contribution in [2.75, 3.05) is 18.1 Å². The number of nitrogens with zero attached hydrogens (tertiary/aromatic N) is 1. The Morgan fingerprint density at radius 1 is 1.44 bits per heavy atom. The highest BCUT2D eigenvalue weighted by molar-refractivity contribution is 7.99. The first-order valence-electron chi connectivity index (χ1n) is 6.18. The van der Waals surface area contributed by atoms with Crippen LogP contribution in [0.4, 0.5) is 0 Å². The van der Waals surface area contributed by atoms with Crippen LogP contribution in [0, 0.1) is 13.8 Å². The third kappa shape index (κ3) is 3.06. The van der Waals surface area contributed by atoms with Crippen molar-refractivity contribution < 1.29 is 9.90 Å². The molecule has 1 N–H and O–H groups in total. The summed E-state index contributed by atoms with van der Waals surface area (Å²) in [5.41, 5.74) is 3.75. The zero-order chi connectivity index (χ0) is 13.1. The summed E-state index contributed by atoms with van der Waals surface area (Å²) < 4.78 is 0. The van der Waals surface area contributed by atoms with Crippen LogP contribution in [0.2, 0.25) is 0 Å². The number of carbonyl (C=O) groups is 1. The first-order valence-corrected chi connectivity index (χ1v) is 7.34. The van der Waals surface area contributed by atoms with Crippen LogP contribution in [-0.2, 0) is 11.3 Å². The molecule has 1 heterocycles. The summed E-state index contributed by atoms with van der Waals surface area (Å²) in [6, 6.07) is 6.03. The molecular formula is C14H19NO2S. The summed E-state index contributed by atoms with van der Waals surface area (Å²) in [4.78, 5) is 13.3. The van der Waals surface area contributed by atoms with Crippen LogP contribution < -0.4 is 0 Å². The van der Waals surface area contributed by atoms with Gasteiger partial charge in [0.2, 0.25) is 0 Å². The minimum Gasteiger partial charge on any atom is -0.480 e. The molecule has 0 aromatic heterocycles. The molecule has 18 heavy (non-hydrogen) atoms. The highest BCUT2D eigenvalue weighted by Gasteiger charge is 2.28. The van der Waals surface area contributed by atoms with Crippen LogP contribution in [0.1, 0.15) is 16.7 Å². The van der Waals surface area contributed by atoms with Crippen molar-refractivity contribution >= 4 is 17.7 Å². The van der Waals surface area contributed by atoms with Gasteiger partial charge in [-0.05, 0) is 30.5 Å². The molecule has 0 spiro atoms. The minimum absolute atomic E-state index is 0.342. The normalized spacial score (nSPS) is 20.9. The van der Waals surface area contributed by atoms with Gasteiger partial charge in [0.15, 0.2) is 0 Å². The fourth-order valence-electron chi connectivity index (χ4n) is 2.19. The monoisotopic (exact) mass is 265 g/mol.